The molecule has 0 amide bonds. The van der Waals surface area contributed by atoms with E-state index in [9.17, 15) is 9.59 Å². The highest BCUT2D eigenvalue weighted by atomic mass is 16.5. The summed E-state index contributed by atoms with van der Waals surface area (Å²) in [5.41, 5.74) is 15.3. The molecule has 0 aromatic rings. The molecule has 1 unspecified atom stereocenters. The van der Waals surface area contributed by atoms with E-state index in [1.807, 2.05) is 0 Å². The second-order valence-electron chi connectivity index (χ2n) is 3.36. The molecule has 8 N–H and O–H groups in total. The molecule has 0 saturated heterocycles. The number of aliphatic hydroxyl groups excluding tert-OH is 1. The summed E-state index contributed by atoms with van der Waals surface area (Å²) in [6, 6.07) is -0.820. The standard InChI is InChI=1S/C6H14N4O2.C4H8O3/c7-4(5(11)12)2-1-3-10-6(8)9;1-2-7-4(6)3-5/h4H,1-3,7H2,(H,11,12)(H4,8,9,10);5H,2-3H2,1H3. The van der Waals surface area contributed by atoms with Crippen molar-refractivity contribution in [3.63, 3.8) is 0 Å². The van der Waals surface area contributed by atoms with E-state index < -0.39 is 24.6 Å². The topological polar surface area (TPSA) is 174 Å². The van der Waals surface area contributed by atoms with Crippen LogP contribution < -0.4 is 17.2 Å². The highest BCUT2D eigenvalue weighted by molar-refractivity contribution is 5.75. The summed E-state index contributed by atoms with van der Waals surface area (Å²) in [4.78, 5) is 23.8. The van der Waals surface area contributed by atoms with Gasteiger partial charge in [-0.3, -0.25) is 9.79 Å². The molecule has 0 spiro atoms. The van der Waals surface area contributed by atoms with Crippen molar-refractivity contribution < 1.29 is 24.5 Å². The van der Waals surface area contributed by atoms with Gasteiger partial charge >= 0.3 is 11.9 Å². The Morgan fingerprint density at radius 1 is 1.37 bits per heavy atom. The minimum Gasteiger partial charge on any atom is -0.480 e. The Morgan fingerprint density at radius 3 is 2.26 bits per heavy atom. The van der Waals surface area contributed by atoms with Crippen LogP contribution in [0.3, 0.4) is 0 Å². The third kappa shape index (κ3) is 16.1. The summed E-state index contributed by atoms with van der Waals surface area (Å²) < 4.78 is 4.30. The van der Waals surface area contributed by atoms with Crippen LogP contribution in [0.2, 0.25) is 0 Å². The predicted octanol–water partition coefficient (Wildman–Crippen LogP) is -2.01. The van der Waals surface area contributed by atoms with Crippen molar-refractivity contribution in [1.82, 2.24) is 0 Å². The summed E-state index contributed by atoms with van der Waals surface area (Å²) in [5.74, 6) is -1.55. The van der Waals surface area contributed by atoms with E-state index in [2.05, 4.69) is 9.73 Å². The van der Waals surface area contributed by atoms with Gasteiger partial charge in [-0.05, 0) is 19.8 Å². The van der Waals surface area contributed by atoms with Crippen LogP contribution in [-0.2, 0) is 14.3 Å². The van der Waals surface area contributed by atoms with Gasteiger partial charge in [0, 0.05) is 6.54 Å². The Balaban J connectivity index is 0. The number of carbonyl (C=O) groups is 2. The summed E-state index contributed by atoms with van der Waals surface area (Å²) in [5, 5.41) is 16.4. The monoisotopic (exact) mass is 278 g/mol. The molecular formula is C10H22N4O5. The van der Waals surface area contributed by atoms with Crippen LogP contribution in [0.25, 0.3) is 0 Å². The molecule has 19 heavy (non-hydrogen) atoms. The zero-order chi connectivity index (χ0) is 15.3. The lowest BCUT2D eigenvalue weighted by molar-refractivity contribution is -0.146. The number of esters is 1. The maximum absolute atomic E-state index is 10.2. The Kier molecular flexibility index (Phi) is 12.9. The summed E-state index contributed by atoms with van der Waals surface area (Å²) >= 11 is 0. The number of carboxylic acids is 1. The lowest BCUT2D eigenvalue weighted by Gasteiger charge is -2.03. The fourth-order valence-corrected chi connectivity index (χ4v) is 0.849. The fourth-order valence-electron chi connectivity index (χ4n) is 0.849. The smallest absolute Gasteiger partial charge is 0.331 e. The van der Waals surface area contributed by atoms with E-state index in [1.165, 1.54) is 0 Å². The summed E-state index contributed by atoms with van der Waals surface area (Å²) in [7, 11) is 0. The molecule has 1 atom stereocenters. The number of rotatable bonds is 7. The highest BCUT2D eigenvalue weighted by Gasteiger charge is 2.09. The highest BCUT2D eigenvalue weighted by Crippen LogP contribution is 1.94. The van der Waals surface area contributed by atoms with Crippen LogP contribution in [0.15, 0.2) is 4.99 Å². The van der Waals surface area contributed by atoms with Gasteiger partial charge in [0.1, 0.15) is 12.6 Å². The van der Waals surface area contributed by atoms with Crippen molar-refractivity contribution in [1.29, 1.82) is 0 Å². The number of nitrogens with two attached hydrogens (primary N) is 3. The van der Waals surface area contributed by atoms with Gasteiger partial charge < -0.3 is 32.2 Å². The maximum atomic E-state index is 10.2. The molecule has 112 valence electrons. The van der Waals surface area contributed by atoms with Crippen molar-refractivity contribution in [2.24, 2.45) is 22.2 Å². The van der Waals surface area contributed by atoms with Gasteiger partial charge in [0.05, 0.1) is 6.61 Å². The molecular weight excluding hydrogens is 256 g/mol. The Bertz CT molecular complexity index is 292. The fraction of sp³-hybridized carbons (Fsp3) is 0.700. The summed E-state index contributed by atoms with van der Waals surface area (Å²) in [6.45, 7) is 1.92. The minimum atomic E-state index is -1.00. The molecule has 0 bridgehead atoms. The number of aliphatic imine (C=N–C) groups is 1. The van der Waals surface area contributed by atoms with Crippen LogP contribution >= 0.6 is 0 Å². The van der Waals surface area contributed by atoms with E-state index in [0.29, 0.717) is 26.0 Å². The van der Waals surface area contributed by atoms with Crippen molar-refractivity contribution in [3.8, 4) is 0 Å². The van der Waals surface area contributed by atoms with Gasteiger partial charge in [0.15, 0.2) is 5.96 Å². The lowest BCUT2D eigenvalue weighted by atomic mass is 10.2. The van der Waals surface area contributed by atoms with Crippen LogP contribution in [-0.4, -0.2) is 53.9 Å². The molecule has 0 radical (unpaired) electrons. The number of aliphatic hydroxyl groups is 1. The van der Waals surface area contributed by atoms with Gasteiger partial charge in [0.2, 0.25) is 0 Å². The maximum Gasteiger partial charge on any atom is 0.331 e. The second-order valence-corrected chi connectivity index (χ2v) is 3.36. The van der Waals surface area contributed by atoms with Gasteiger partial charge in [-0.1, -0.05) is 0 Å². The number of aliphatic carboxylic acids is 1. The van der Waals surface area contributed by atoms with Crippen LogP contribution in [0.4, 0.5) is 0 Å². The molecule has 9 heteroatoms. The SMILES string of the molecule is CCOC(=O)CO.NC(N)=NCCCC(N)C(=O)O. The molecule has 0 aromatic carbocycles. The molecule has 0 aliphatic carbocycles. The average Bonchev–Trinajstić information content (AvgIpc) is 2.35. The molecule has 0 aliphatic rings. The van der Waals surface area contributed by atoms with Crippen molar-refractivity contribution >= 4 is 17.9 Å². The Hall–Kier alpha value is -1.87. The van der Waals surface area contributed by atoms with Crippen molar-refractivity contribution in [2.45, 2.75) is 25.8 Å². The number of nitrogens with zero attached hydrogens (tertiary/aromatic N) is 1. The predicted molar refractivity (Wildman–Crippen MR) is 69.2 cm³/mol. The average molecular weight is 278 g/mol. The van der Waals surface area contributed by atoms with E-state index in [4.69, 9.17) is 27.4 Å². The van der Waals surface area contributed by atoms with Crippen LogP contribution in [0, 0.1) is 0 Å². The molecule has 0 saturated carbocycles. The number of carboxylic acid groups (broad SMARTS) is 1. The first kappa shape index (κ1) is 19.5. The van der Waals surface area contributed by atoms with Crippen molar-refractivity contribution in [3.05, 3.63) is 0 Å². The largest absolute Gasteiger partial charge is 0.480 e. The van der Waals surface area contributed by atoms with Crippen molar-refractivity contribution in [2.75, 3.05) is 19.8 Å². The Labute approximate surface area is 111 Å². The minimum absolute atomic E-state index is 0.0129. The number of hydrogen-bond acceptors (Lipinski definition) is 6. The molecule has 0 heterocycles. The van der Waals surface area contributed by atoms with E-state index >= 15 is 0 Å². The zero-order valence-electron chi connectivity index (χ0n) is 10.9. The zero-order valence-corrected chi connectivity index (χ0v) is 10.9. The number of ether oxygens (including phenoxy) is 1. The second kappa shape index (κ2) is 12.6. The van der Waals surface area contributed by atoms with Gasteiger partial charge in [-0.25, -0.2) is 4.79 Å². The van der Waals surface area contributed by atoms with Gasteiger partial charge in [-0.15, -0.1) is 0 Å². The third-order valence-corrected chi connectivity index (χ3v) is 1.72. The molecule has 0 aromatic heterocycles. The van der Waals surface area contributed by atoms with E-state index in [1.54, 1.807) is 6.92 Å². The quantitative estimate of drug-likeness (QED) is 0.154. The van der Waals surface area contributed by atoms with Crippen LogP contribution in [0.5, 0.6) is 0 Å². The number of carbonyl (C=O) groups excluding carboxylic acids is 1. The first-order valence-corrected chi connectivity index (χ1v) is 5.65. The lowest BCUT2D eigenvalue weighted by Crippen LogP contribution is -2.30. The molecule has 0 aliphatic heterocycles. The number of hydrogen-bond donors (Lipinski definition) is 5. The van der Waals surface area contributed by atoms with E-state index in [0.717, 1.165) is 0 Å². The first-order chi connectivity index (χ1) is 8.84. The van der Waals surface area contributed by atoms with E-state index in [-0.39, 0.29) is 5.96 Å². The molecule has 0 rings (SSSR count). The molecule has 0 fully saturated rings. The normalized spacial score (nSPS) is 10.7. The molecule has 9 nitrogen and oxygen atoms in total. The summed E-state index contributed by atoms with van der Waals surface area (Å²) in [6.07, 6.45) is 0.956. The third-order valence-electron chi connectivity index (χ3n) is 1.72. The van der Waals surface area contributed by atoms with Gasteiger partial charge in [-0.2, -0.15) is 0 Å². The van der Waals surface area contributed by atoms with Crippen LogP contribution in [0.1, 0.15) is 19.8 Å². The number of guanidine groups is 1. The Morgan fingerprint density at radius 2 is 1.95 bits per heavy atom. The van der Waals surface area contributed by atoms with Gasteiger partial charge in [0.25, 0.3) is 0 Å². The first-order valence-electron chi connectivity index (χ1n) is 5.65.